The van der Waals surface area contributed by atoms with Crippen molar-refractivity contribution in [1.82, 2.24) is 10.3 Å². The van der Waals surface area contributed by atoms with E-state index >= 15 is 0 Å². The van der Waals surface area contributed by atoms with Gasteiger partial charge >= 0.3 is 0 Å². The van der Waals surface area contributed by atoms with Crippen LogP contribution in [0.3, 0.4) is 0 Å². The van der Waals surface area contributed by atoms with E-state index in [-0.39, 0.29) is 29.1 Å². The molecule has 1 aliphatic rings. The van der Waals surface area contributed by atoms with Crippen molar-refractivity contribution in [2.75, 3.05) is 0 Å². The van der Waals surface area contributed by atoms with Gasteiger partial charge in [-0.05, 0) is 25.0 Å². The van der Waals surface area contributed by atoms with E-state index in [1.54, 1.807) is 6.07 Å². The van der Waals surface area contributed by atoms with Crippen LogP contribution in [0, 0.1) is 0 Å². The third kappa shape index (κ3) is 2.07. The molecule has 0 aliphatic heterocycles. The van der Waals surface area contributed by atoms with E-state index in [2.05, 4.69) is 10.3 Å². The van der Waals surface area contributed by atoms with Crippen molar-refractivity contribution < 1.29 is 4.79 Å². The van der Waals surface area contributed by atoms with Gasteiger partial charge in [-0.2, -0.15) is 0 Å². The number of aromatic amines is 1. The van der Waals surface area contributed by atoms with Crippen LogP contribution in [0.15, 0.2) is 23.1 Å². The highest BCUT2D eigenvalue weighted by Gasteiger charge is 2.27. The molecule has 1 heterocycles. The highest BCUT2D eigenvalue weighted by Crippen LogP contribution is 2.17. The van der Waals surface area contributed by atoms with Gasteiger partial charge in [-0.3, -0.25) is 9.59 Å². The van der Waals surface area contributed by atoms with Gasteiger partial charge in [0, 0.05) is 18.3 Å². The van der Waals surface area contributed by atoms with Gasteiger partial charge in [0.2, 0.25) is 0 Å². The number of hydrogen-bond donors (Lipinski definition) is 3. The molecule has 1 saturated carbocycles. The molecule has 15 heavy (non-hydrogen) atoms. The monoisotopic (exact) mass is 207 g/mol. The lowest BCUT2D eigenvalue weighted by atomic mass is 9.87. The Kier molecular flexibility index (Phi) is 2.55. The molecule has 1 aromatic rings. The standard InChI is InChI=1S/C10H13N3O2/c11-6-4-7(5-6)13-10(15)8-2-1-3-12-9(8)14/h1-3,6-7H,4-5,11H2,(H,12,14)(H,13,15). The second-order valence-electron chi connectivity index (χ2n) is 3.81. The van der Waals surface area contributed by atoms with Gasteiger partial charge in [0.15, 0.2) is 0 Å². The zero-order valence-corrected chi connectivity index (χ0v) is 8.19. The Labute approximate surface area is 86.7 Å². The number of H-pyrrole nitrogens is 1. The average molecular weight is 207 g/mol. The van der Waals surface area contributed by atoms with Gasteiger partial charge in [0.1, 0.15) is 5.56 Å². The molecule has 0 unspecified atom stereocenters. The third-order valence-corrected chi connectivity index (χ3v) is 2.57. The van der Waals surface area contributed by atoms with Crippen LogP contribution in [0.4, 0.5) is 0 Å². The molecular weight excluding hydrogens is 194 g/mol. The fourth-order valence-corrected chi connectivity index (χ4v) is 1.64. The number of rotatable bonds is 2. The minimum atomic E-state index is -0.362. The maximum atomic E-state index is 11.6. The molecule has 1 aliphatic carbocycles. The molecule has 4 N–H and O–H groups in total. The Bertz CT molecular complexity index is 421. The highest BCUT2D eigenvalue weighted by molar-refractivity contribution is 5.93. The summed E-state index contributed by atoms with van der Waals surface area (Å²) in [5.74, 6) is -0.325. The molecular formula is C10H13N3O2. The molecule has 0 atom stereocenters. The van der Waals surface area contributed by atoms with E-state index in [1.807, 2.05) is 0 Å². The summed E-state index contributed by atoms with van der Waals surface area (Å²) < 4.78 is 0. The van der Waals surface area contributed by atoms with Gasteiger partial charge in [-0.1, -0.05) is 0 Å². The van der Waals surface area contributed by atoms with Crippen LogP contribution in [0.2, 0.25) is 0 Å². The maximum absolute atomic E-state index is 11.6. The minimum Gasteiger partial charge on any atom is -0.349 e. The molecule has 80 valence electrons. The number of amides is 1. The van der Waals surface area contributed by atoms with E-state index in [4.69, 9.17) is 5.73 Å². The smallest absolute Gasteiger partial charge is 0.260 e. The van der Waals surface area contributed by atoms with Crippen molar-refractivity contribution in [2.45, 2.75) is 24.9 Å². The first-order chi connectivity index (χ1) is 7.16. The van der Waals surface area contributed by atoms with Gasteiger partial charge in [-0.25, -0.2) is 0 Å². The van der Waals surface area contributed by atoms with Crippen molar-refractivity contribution in [3.63, 3.8) is 0 Å². The summed E-state index contributed by atoms with van der Waals surface area (Å²) in [5.41, 5.74) is 5.38. The fourth-order valence-electron chi connectivity index (χ4n) is 1.64. The average Bonchev–Trinajstić information content (AvgIpc) is 2.16. The van der Waals surface area contributed by atoms with Gasteiger partial charge in [-0.15, -0.1) is 0 Å². The Morgan fingerprint density at radius 2 is 2.27 bits per heavy atom. The Morgan fingerprint density at radius 3 is 2.87 bits per heavy atom. The molecule has 0 saturated heterocycles. The maximum Gasteiger partial charge on any atom is 0.260 e. The molecule has 1 amide bonds. The van der Waals surface area contributed by atoms with Crippen LogP contribution in [0.5, 0.6) is 0 Å². The topological polar surface area (TPSA) is 88.0 Å². The Hall–Kier alpha value is -1.62. The van der Waals surface area contributed by atoms with Gasteiger partial charge in [0.05, 0.1) is 0 Å². The van der Waals surface area contributed by atoms with E-state index < -0.39 is 0 Å². The van der Waals surface area contributed by atoms with Gasteiger partial charge < -0.3 is 16.0 Å². The minimum absolute atomic E-state index is 0.118. The lowest BCUT2D eigenvalue weighted by Gasteiger charge is -2.32. The molecule has 1 aromatic heterocycles. The molecule has 0 radical (unpaired) electrons. The van der Waals surface area contributed by atoms with Gasteiger partial charge in [0.25, 0.3) is 11.5 Å². The normalized spacial score (nSPS) is 24.3. The zero-order chi connectivity index (χ0) is 10.8. The van der Waals surface area contributed by atoms with Crippen LogP contribution in [-0.2, 0) is 0 Å². The molecule has 0 bridgehead atoms. The SMILES string of the molecule is NC1CC(NC(=O)c2ccc[nH]c2=O)C1. The van der Waals surface area contributed by atoms with Crippen LogP contribution < -0.4 is 16.6 Å². The summed E-state index contributed by atoms with van der Waals surface area (Å²) in [5, 5.41) is 2.76. The third-order valence-electron chi connectivity index (χ3n) is 2.57. The number of nitrogens with two attached hydrogens (primary N) is 1. The second kappa shape index (κ2) is 3.86. The van der Waals surface area contributed by atoms with Crippen molar-refractivity contribution >= 4 is 5.91 Å². The van der Waals surface area contributed by atoms with Crippen molar-refractivity contribution in [2.24, 2.45) is 5.73 Å². The van der Waals surface area contributed by atoms with Crippen molar-refractivity contribution in [3.8, 4) is 0 Å². The van der Waals surface area contributed by atoms with E-state index in [9.17, 15) is 9.59 Å². The number of aromatic nitrogens is 1. The molecule has 5 heteroatoms. The van der Waals surface area contributed by atoms with E-state index in [1.165, 1.54) is 12.3 Å². The first-order valence-corrected chi connectivity index (χ1v) is 4.91. The second-order valence-corrected chi connectivity index (χ2v) is 3.81. The molecule has 0 spiro atoms. The number of carbonyl (C=O) groups excluding carboxylic acids is 1. The lowest BCUT2D eigenvalue weighted by Crippen LogP contribution is -2.50. The first-order valence-electron chi connectivity index (χ1n) is 4.91. The summed E-state index contributed by atoms with van der Waals surface area (Å²) >= 11 is 0. The highest BCUT2D eigenvalue weighted by atomic mass is 16.2. The Balaban J connectivity index is 2.03. The number of hydrogen-bond acceptors (Lipinski definition) is 3. The molecule has 5 nitrogen and oxygen atoms in total. The van der Waals surface area contributed by atoms with Crippen LogP contribution >= 0.6 is 0 Å². The van der Waals surface area contributed by atoms with Crippen LogP contribution in [-0.4, -0.2) is 23.0 Å². The lowest BCUT2D eigenvalue weighted by molar-refractivity contribution is 0.0908. The van der Waals surface area contributed by atoms with E-state index in [0.29, 0.717) is 0 Å². The van der Waals surface area contributed by atoms with Crippen molar-refractivity contribution in [3.05, 3.63) is 34.2 Å². The summed E-state index contributed by atoms with van der Waals surface area (Å²) in [6, 6.07) is 3.44. The van der Waals surface area contributed by atoms with Crippen molar-refractivity contribution in [1.29, 1.82) is 0 Å². The molecule has 1 fully saturated rings. The number of pyridine rings is 1. The summed E-state index contributed by atoms with van der Waals surface area (Å²) in [6.45, 7) is 0. The predicted octanol–water partition coefficient (Wildman–Crippen LogP) is -0.406. The van der Waals surface area contributed by atoms with Crippen LogP contribution in [0.25, 0.3) is 0 Å². The number of nitrogens with one attached hydrogen (secondary N) is 2. The quantitative estimate of drug-likeness (QED) is 0.616. The summed E-state index contributed by atoms with van der Waals surface area (Å²) in [4.78, 5) is 25.3. The zero-order valence-electron chi connectivity index (χ0n) is 8.19. The largest absolute Gasteiger partial charge is 0.349 e. The van der Waals surface area contributed by atoms with E-state index in [0.717, 1.165) is 12.8 Å². The molecule has 0 aromatic carbocycles. The van der Waals surface area contributed by atoms with Crippen LogP contribution in [0.1, 0.15) is 23.2 Å². The molecule has 2 rings (SSSR count). The fraction of sp³-hybridized carbons (Fsp3) is 0.400. The number of carbonyl (C=O) groups is 1. The first kappa shape index (κ1) is 9.92. The summed E-state index contributed by atoms with van der Waals surface area (Å²) in [7, 11) is 0. The Morgan fingerprint density at radius 1 is 1.53 bits per heavy atom. The summed E-state index contributed by atoms with van der Waals surface area (Å²) in [6.07, 6.45) is 3.07. The predicted molar refractivity (Wildman–Crippen MR) is 55.5 cm³/mol.